The van der Waals surface area contributed by atoms with E-state index in [9.17, 15) is 4.79 Å². The fourth-order valence-corrected chi connectivity index (χ4v) is 1.77. The predicted molar refractivity (Wildman–Crippen MR) is 65.2 cm³/mol. The van der Waals surface area contributed by atoms with Gasteiger partial charge in [0.2, 0.25) is 0 Å². The van der Waals surface area contributed by atoms with E-state index in [1.54, 1.807) is 6.92 Å². The van der Waals surface area contributed by atoms with E-state index in [4.69, 9.17) is 0 Å². The zero-order chi connectivity index (χ0) is 11.7. The van der Waals surface area contributed by atoms with Crippen molar-refractivity contribution < 1.29 is 4.79 Å². The molecular weight excluding hydrogens is 188 g/mol. The molecular formula is C12H26N2O. The lowest BCUT2D eigenvalue weighted by Crippen LogP contribution is -2.32. The molecule has 0 spiro atoms. The highest BCUT2D eigenvalue weighted by molar-refractivity contribution is 5.81. The molecule has 3 nitrogen and oxygen atoms in total. The molecule has 0 unspecified atom stereocenters. The summed E-state index contributed by atoms with van der Waals surface area (Å²) in [6.07, 6.45) is 3.28. The summed E-state index contributed by atoms with van der Waals surface area (Å²) in [7, 11) is 1.86. The molecule has 1 N–H and O–H groups in total. The summed E-state index contributed by atoms with van der Waals surface area (Å²) < 4.78 is 0. The van der Waals surface area contributed by atoms with Crippen LogP contribution in [0.2, 0.25) is 0 Å². The molecule has 0 aliphatic carbocycles. The van der Waals surface area contributed by atoms with Gasteiger partial charge in [0.05, 0.1) is 6.04 Å². The fourth-order valence-electron chi connectivity index (χ4n) is 1.77. The Kier molecular flexibility index (Phi) is 8.62. The highest BCUT2D eigenvalue weighted by Gasteiger charge is 2.10. The number of hydrogen-bond acceptors (Lipinski definition) is 3. The van der Waals surface area contributed by atoms with E-state index in [1.807, 2.05) is 7.05 Å². The van der Waals surface area contributed by atoms with E-state index in [0.29, 0.717) is 0 Å². The first-order chi connectivity index (χ1) is 7.15. The zero-order valence-corrected chi connectivity index (χ0v) is 10.7. The molecule has 0 saturated carbocycles. The van der Waals surface area contributed by atoms with E-state index >= 15 is 0 Å². The minimum absolute atomic E-state index is 0.0571. The minimum atomic E-state index is 0.0571. The Balaban J connectivity index is 3.56. The van der Waals surface area contributed by atoms with Crippen molar-refractivity contribution in [3.8, 4) is 0 Å². The Morgan fingerprint density at radius 2 is 1.87 bits per heavy atom. The summed E-state index contributed by atoms with van der Waals surface area (Å²) in [4.78, 5) is 13.6. The molecule has 0 aromatic heterocycles. The number of carbonyl (C=O) groups excluding carboxylic acids is 1. The third-order valence-corrected chi connectivity index (χ3v) is 2.95. The standard InChI is InChI=1S/C12H26N2O/c1-5-14(6-2)10-8-7-9-12(13-4)11(3)15/h12-13H,5-10H2,1-4H3/t12-/m0/s1. The van der Waals surface area contributed by atoms with Gasteiger partial charge in [-0.05, 0) is 46.4 Å². The summed E-state index contributed by atoms with van der Waals surface area (Å²) in [6.45, 7) is 9.44. The Bertz CT molecular complexity index is 167. The van der Waals surface area contributed by atoms with Crippen molar-refractivity contribution in [2.45, 2.75) is 46.1 Å². The monoisotopic (exact) mass is 214 g/mol. The molecule has 0 aliphatic heterocycles. The number of Topliss-reactive ketones (excluding diaryl/α,β-unsaturated/α-hetero) is 1. The molecule has 15 heavy (non-hydrogen) atoms. The number of rotatable bonds is 9. The second-order valence-corrected chi connectivity index (χ2v) is 3.97. The molecule has 0 amide bonds. The number of carbonyl (C=O) groups is 1. The highest BCUT2D eigenvalue weighted by Crippen LogP contribution is 2.03. The quantitative estimate of drug-likeness (QED) is 0.593. The average molecular weight is 214 g/mol. The average Bonchev–Trinajstić information content (AvgIpc) is 2.23. The van der Waals surface area contributed by atoms with E-state index in [0.717, 1.165) is 32.5 Å². The van der Waals surface area contributed by atoms with Gasteiger partial charge in [0.25, 0.3) is 0 Å². The number of ketones is 1. The Morgan fingerprint density at radius 3 is 2.27 bits per heavy atom. The van der Waals surface area contributed by atoms with Crippen LogP contribution in [0.15, 0.2) is 0 Å². The Hall–Kier alpha value is -0.410. The maximum atomic E-state index is 11.1. The molecule has 90 valence electrons. The van der Waals surface area contributed by atoms with Crippen LogP contribution in [-0.2, 0) is 4.79 Å². The molecule has 0 aromatic carbocycles. The molecule has 0 aliphatic rings. The van der Waals surface area contributed by atoms with Crippen LogP contribution in [0, 0.1) is 0 Å². The summed E-state index contributed by atoms with van der Waals surface area (Å²) in [5.41, 5.74) is 0. The van der Waals surface area contributed by atoms with Crippen LogP contribution in [0.5, 0.6) is 0 Å². The molecule has 1 atom stereocenters. The summed E-state index contributed by atoms with van der Waals surface area (Å²) in [5.74, 6) is 0.250. The topological polar surface area (TPSA) is 32.3 Å². The molecule has 3 heteroatoms. The van der Waals surface area contributed by atoms with E-state index in [2.05, 4.69) is 24.1 Å². The maximum Gasteiger partial charge on any atom is 0.146 e. The van der Waals surface area contributed by atoms with Crippen LogP contribution in [0.1, 0.15) is 40.0 Å². The first kappa shape index (κ1) is 14.6. The molecule has 0 aromatic rings. The number of nitrogens with one attached hydrogen (secondary N) is 1. The number of nitrogens with zero attached hydrogens (tertiary/aromatic N) is 1. The normalized spacial score (nSPS) is 13.1. The number of likely N-dealkylation sites (N-methyl/N-ethyl adjacent to an activating group) is 1. The van der Waals surface area contributed by atoms with Gasteiger partial charge in [-0.3, -0.25) is 4.79 Å². The lowest BCUT2D eigenvalue weighted by atomic mass is 10.1. The van der Waals surface area contributed by atoms with Crippen LogP contribution < -0.4 is 5.32 Å². The van der Waals surface area contributed by atoms with Crippen molar-refractivity contribution in [1.29, 1.82) is 0 Å². The van der Waals surface area contributed by atoms with Gasteiger partial charge >= 0.3 is 0 Å². The Labute approximate surface area is 94.2 Å². The van der Waals surface area contributed by atoms with Crippen molar-refractivity contribution >= 4 is 5.78 Å². The SMILES string of the molecule is CCN(CC)CCCC[C@H](NC)C(C)=O. The molecule has 0 rings (SSSR count). The van der Waals surface area contributed by atoms with Gasteiger partial charge in [-0.25, -0.2) is 0 Å². The largest absolute Gasteiger partial charge is 0.311 e. The third-order valence-electron chi connectivity index (χ3n) is 2.95. The smallest absolute Gasteiger partial charge is 0.146 e. The van der Waals surface area contributed by atoms with Gasteiger partial charge < -0.3 is 10.2 Å². The van der Waals surface area contributed by atoms with Crippen molar-refractivity contribution in [1.82, 2.24) is 10.2 Å². The molecule has 0 radical (unpaired) electrons. The molecule has 0 heterocycles. The first-order valence-corrected chi connectivity index (χ1v) is 6.05. The van der Waals surface area contributed by atoms with Crippen molar-refractivity contribution in [3.63, 3.8) is 0 Å². The van der Waals surface area contributed by atoms with Crippen LogP contribution in [0.4, 0.5) is 0 Å². The van der Waals surface area contributed by atoms with Crippen LogP contribution in [0.3, 0.4) is 0 Å². The fraction of sp³-hybridized carbons (Fsp3) is 0.917. The number of hydrogen-bond donors (Lipinski definition) is 1. The molecule has 0 bridgehead atoms. The highest BCUT2D eigenvalue weighted by atomic mass is 16.1. The van der Waals surface area contributed by atoms with E-state index < -0.39 is 0 Å². The molecule has 0 fully saturated rings. The zero-order valence-electron chi connectivity index (χ0n) is 10.7. The van der Waals surface area contributed by atoms with Crippen molar-refractivity contribution in [2.24, 2.45) is 0 Å². The first-order valence-electron chi connectivity index (χ1n) is 6.05. The molecule has 0 saturated heterocycles. The van der Waals surface area contributed by atoms with Crippen LogP contribution in [0.25, 0.3) is 0 Å². The van der Waals surface area contributed by atoms with E-state index in [1.165, 1.54) is 6.42 Å². The lowest BCUT2D eigenvalue weighted by Gasteiger charge is -2.18. The third kappa shape index (κ3) is 6.63. The summed E-state index contributed by atoms with van der Waals surface area (Å²) >= 11 is 0. The van der Waals surface area contributed by atoms with E-state index in [-0.39, 0.29) is 11.8 Å². The van der Waals surface area contributed by atoms with Gasteiger partial charge in [-0.1, -0.05) is 20.3 Å². The van der Waals surface area contributed by atoms with Gasteiger partial charge in [0.15, 0.2) is 0 Å². The second-order valence-electron chi connectivity index (χ2n) is 3.97. The summed E-state index contributed by atoms with van der Waals surface area (Å²) in [5, 5.41) is 3.05. The predicted octanol–water partition coefficient (Wildman–Crippen LogP) is 1.68. The van der Waals surface area contributed by atoms with Gasteiger partial charge in [0.1, 0.15) is 5.78 Å². The minimum Gasteiger partial charge on any atom is -0.311 e. The van der Waals surface area contributed by atoms with Crippen molar-refractivity contribution in [2.75, 3.05) is 26.7 Å². The van der Waals surface area contributed by atoms with Crippen molar-refractivity contribution in [3.05, 3.63) is 0 Å². The lowest BCUT2D eigenvalue weighted by molar-refractivity contribution is -0.119. The summed E-state index contributed by atoms with van der Waals surface area (Å²) in [6, 6.07) is 0.0571. The van der Waals surface area contributed by atoms with Gasteiger partial charge in [-0.2, -0.15) is 0 Å². The maximum absolute atomic E-state index is 11.1. The van der Waals surface area contributed by atoms with Crippen LogP contribution >= 0.6 is 0 Å². The number of unbranched alkanes of at least 4 members (excludes halogenated alkanes) is 1. The Morgan fingerprint density at radius 1 is 1.27 bits per heavy atom. The van der Waals surface area contributed by atoms with Crippen LogP contribution in [-0.4, -0.2) is 43.4 Å². The van der Waals surface area contributed by atoms with Gasteiger partial charge in [0, 0.05) is 0 Å². The van der Waals surface area contributed by atoms with Gasteiger partial charge in [-0.15, -0.1) is 0 Å². The second kappa shape index (κ2) is 8.86.